The summed E-state index contributed by atoms with van der Waals surface area (Å²) in [5.74, 6) is -0.0184. The zero-order valence-corrected chi connectivity index (χ0v) is 12.7. The molecular weight excluding hydrogens is 268 g/mol. The van der Waals surface area contributed by atoms with Gasteiger partial charge in [-0.3, -0.25) is 14.4 Å². The third-order valence-electron chi connectivity index (χ3n) is 3.92. The van der Waals surface area contributed by atoms with Gasteiger partial charge in [-0.05, 0) is 12.5 Å². The Morgan fingerprint density at radius 2 is 2.29 bits per heavy atom. The maximum absolute atomic E-state index is 12.2. The van der Waals surface area contributed by atoms with E-state index in [0.29, 0.717) is 5.69 Å². The molecule has 0 spiro atoms. The van der Waals surface area contributed by atoms with Gasteiger partial charge in [0.05, 0.1) is 18.2 Å². The van der Waals surface area contributed by atoms with Crippen LogP contribution in [0.3, 0.4) is 0 Å². The van der Waals surface area contributed by atoms with Crippen molar-refractivity contribution in [1.82, 2.24) is 19.6 Å². The maximum Gasteiger partial charge on any atom is 0.274 e. The van der Waals surface area contributed by atoms with E-state index < -0.39 is 0 Å². The summed E-state index contributed by atoms with van der Waals surface area (Å²) >= 11 is 0. The number of amides is 1. The number of aromatic nitrogens is 2. The molecule has 0 radical (unpaired) electrons. The molecule has 3 heterocycles. The van der Waals surface area contributed by atoms with E-state index >= 15 is 0 Å². The molecule has 0 bridgehead atoms. The van der Waals surface area contributed by atoms with Crippen LogP contribution in [0.25, 0.3) is 0 Å². The van der Waals surface area contributed by atoms with Crippen LogP contribution < -0.4 is 0 Å². The molecule has 21 heavy (non-hydrogen) atoms. The van der Waals surface area contributed by atoms with Gasteiger partial charge < -0.3 is 9.32 Å². The normalized spacial score (nSPS) is 15.0. The van der Waals surface area contributed by atoms with Crippen molar-refractivity contribution in [1.29, 1.82) is 0 Å². The molecule has 0 aromatic carbocycles. The standard InChI is InChI=1S/C15H20N4O2/c1-17(2)15(20)14-12-4-6-19(8-11-5-7-21-10-11)9-13(12)18(3)16-14/h5,7,10H,4,6,8-9H2,1-3H3. The van der Waals surface area contributed by atoms with Crippen LogP contribution in [0.15, 0.2) is 23.0 Å². The van der Waals surface area contributed by atoms with Gasteiger partial charge in [-0.25, -0.2) is 0 Å². The Bertz CT molecular complexity index is 643. The SMILES string of the molecule is CN(C)C(=O)c1nn(C)c2c1CCN(Cc1ccoc1)C2. The van der Waals surface area contributed by atoms with E-state index in [-0.39, 0.29) is 5.91 Å². The van der Waals surface area contributed by atoms with E-state index in [0.717, 1.165) is 37.3 Å². The van der Waals surface area contributed by atoms with Crippen LogP contribution in [0, 0.1) is 0 Å². The highest BCUT2D eigenvalue weighted by Gasteiger charge is 2.27. The number of furan rings is 1. The molecule has 0 fully saturated rings. The van der Waals surface area contributed by atoms with Crippen molar-refractivity contribution < 1.29 is 9.21 Å². The summed E-state index contributed by atoms with van der Waals surface area (Å²) in [7, 11) is 5.43. The number of hydrogen-bond donors (Lipinski definition) is 0. The summed E-state index contributed by atoms with van der Waals surface area (Å²) in [6.45, 7) is 2.60. The first kappa shape index (κ1) is 13.9. The highest BCUT2D eigenvalue weighted by molar-refractivity contribution is 5.93. The first-order chi connectivity index (χ1) is 10.1. The first-order valence-electron chi connectivity index (χ1n) is 7.06. The van der Waals surface area contributed by atoms with Crippen LogP contribution in [0.1, 0.15) is 27.3 Å². The Kier molecular flexibility index (Phi) is 3.55. The minimum Gasteiger partial charge on any atom is -0.472 e. The molecule has 1 aliphatic rings. The summed E-state index contributed by atoms with van der Waals surface area (Å²) in [4.78, 5) is 16.1. The van der Waals surface area contributed by atoms with Gasteiger partial charge in [0.15, 0.2) is 5.69 Å². The van der Waals surface area contributed by atoms with Gasteiger partial charge in [0, 0.05) is 51.9 Å². The Balaban J connectivity index is 1.82. The molecule has 0 saturated heterocycles. The average Bonchev–Trinajstić information content (AvgIpc) is 3.07. The lowest BCUT2D eigenvalue weighted by molar-refractivity contribution is 0.0819. The van der Waals surface area contributed by atoms with Gasteiger partial charge in [0.25, 0.3) is 5.91 Å². The molecule has 1 amide bonds. The quantitative estimate of drug-likeness (QED) is 0.853. The monoisotopic (exact) mass is 288 g/mol. The van der Waals surface area contributed by atoms with Crippen molar-refractivity contribution in [3.05, 3.63) is 41.1 Å². The van der Waals surface area contributed by atoms with Crippen LogP contribution in [-0.2, 0) is 26.6 Å². The molecule has 6 heteroatoms. The lowest BCUT2D eigenvalue weighted by atomic mass is 10.0. The number of fused-ring (bicyclic) bond motifs is 1. The largest absolute Gasteiger partial charge is 0.472 e. The van der Waals surface area contributed by atoms with Crippen LogP contribution >= 0.6 is 0 Å². The highest BCUT2D eigenvalue weighted by atomic mass is 16.3. The molecule has 0 saturated carbocycles. The number of hydrogen-bond acceptors (Lipinski definition) is 4. The van der Waals surface area contributed by atoms with Gasteiger partial charge in [0.1, 0.15) is 0 Å². The number of nitrogens with zero attached hydrogens (tertiary/aromatic N) is 4. The van der Waals surface area contributed by atoms with E-state index in [1.54, 1.807) is 31.5 Å². The lowest BCUT2D eigenvalue weighted by Crippen LogP contribution is -2.31. The van der Waals surface area contributed by atoms with Crippen LogP contribution in [0.5, 0.6) is 0 Å². The van der Waals surface area contributed by atoms with E-state index in [9.17, 15) is 4.79 Å². The van der Waals surface area contributed by atoms with Gasteiger partial charge in [-0.2, -0.15) is 5.10 Å². The number of aryl methyl sites for hydroxylation is 1. The second-order valence-electron chi connectivity index (χ2n) is 5.69. The number of carbonyl (C=O) groups is 1. The molecule has 0 aliphatic carbocycles. The third-order valence-corrected chi connectivity index (χ3v) is 3.92. The Morgan fingerprint density at radius 1 is 1.48 bits per heavy atom. The zero-order chi connectivity index (χ0) is 15.0. The molecule has 0 atom stereocenters. The van der Waals surface area contributed by atoms with E-state index in [4.69, 9.17) is 4.42 Å². The smallest absolute Gasteiger partial charge is 0.274 e. The molecule has 2 aromatic heterocycles. The molecule has 1 aliphatic heterocycles. The predicted octanol–water partition coefficient (Wildman–Crippen LogP) is 1.27. The first-order valence-corrected chi connectivity index (χ1v) is 7.06. The second-order valence-corrected chi connectivity index (χ2v) is 5.69. The third kappa shape index (κ3) is 2.58. The summed E-state index contributed by atoms with van der Waals surface area (Å²) in [6.07, 6.45) is 4.33. The summed E-state index contributed by atoms with van der Waals surface area (Å²) in [5.41, 5.74) is 4.00. The van der Waals surface area contributed by atoms with E-state index in [1.807, 2.05) is 17.8 Å². The minimum absolute atomic E-state index is 0.0184. The fourth-order valence-electron chi connectivity index (χ4n) is 2.78. The van der Waals surface area contributed by atoms with Crippen molar-refractivity contribution >= 4 is 5.91 Å². The molecule has 0 N–H and O–H groups in total. The van der Waals surface area contributed by atoms with E-state index in [2.05, 4.69) is 10.00 Å². The Hall–Kier alpha value is -2.08. The molecule has 0 unspecified atom stereocenters. The topological polar surface area (TPSA) is 54.5 Å². The molecule has 6 nitrogen and oxygen atoms in total. The van der Waals surface area contributed by atoms with Crippen molar-refractivity contribution in [3.63, 3.8) is 0 Å². The number of carbonyl (C=O) groups excluding carboxylic acids is 1. The van der Waals surface area contributed by atoms with Gasteiger partial charge >= 0.3 is 0 Å². The Labute approximate surface area is 123 Å². The fraction of sp³-hybridized carbons (Fsp3) is 0.467. The predicted molar refractivity (Wildman–Crippen MR) is 77.8 cm³/mol. The minimum atomic E-state index is -0.0184. The number of rotatable bonds is 3. The fourth-order valence-corrected chi connectivity index (χ4v) is 2.78. The van der Waals surface area contributed by atoms with Crippen LogP contribution in [0.2, 0.25) is 0 Å². The highest BCUT2D eigenvalue weighted by Crippen LogP contribution is 2.24. The maximum atomic E-state index is 12.2. The Morgan fingerprint density at radius 3 is 2.95 bits per heavy atom. The van der Waals surface area contributed by atoms with E-state index in [1.165, 1.54) is 5.56 Å². The van der Waals surface area contributed by atoms with Crippen molar-refractivity contribution in [2.45, 2.75) is 19.5 Å². The van der Waals surface area contributed by atoms with Crippen LogP contribution in [0.4, 0.5) is 0 Å². The van der Waals surface area contributed by atoms with Crippen molar-refractivity contribution in [2.75, 3.05) is 20.6 Å². The van der Waals surface area contributed by atoms with Crippen molar-refractivity contribution in [3.8, 4) is 0 Å². The van der Waals surface area contributed by atoms with Crippen LogP contribution in [-0.4, -0.2) is 46.1 Å². The lowest BCUT2D eigenvalue weighted by Gasteiger charge is -2.27. The average molecular weight is 288 g/mol. The molecular formula is C15H20N4O2. The summed E-state index contributed by atoms with van der Waals surface area (Å²) < 4.78 is 6.96. The zero-order valence-electron chi connectivity index (χ0n) is 12.7. The van der Waals surface area contributed by atoms with Gasteiger partial charge in [0.2, 0.25) is 0 Å². The second kappa shape index (κ2) is 5.37. The van der Waals surface area contributed by atoms with Gasteiger partial charge in [-0.1, -0.05) is 0 Å². The van der Waals surface area contributed by atoms with Crippen molar-refractivity contribution in [2.24, 2.45) is 7.05 Å². The summed E-state index contributed by atoms with van der Waals surface area (Å²) in [6, 6.07) is 1.99. The summed E-state index contributed by atoms with van der Waals surface area (Å²) in [5, 5.41) is 4.43. The van der Waals surface area contributed by atoms with Gasteiger partial charge in [-0.15, -0.1) is 0 Å². The molecule has 3 rings (SSSR count). The molecule has 2 aromatic rings. The molecule has 112 valence electrons.